The Hall–Kier alpha value is -1.13. The lowest BCUT2D eigenvalue weighted by Crippen LogP contribution is -2.26. The lowest BCUT2D eigenvalue weighted by molar-refractivity contribution is 0.453. The zero-order chi connectivity index (χ0) is 13.2. The van der Waals surface area contributed by atoms with Gasteiger partial charge in [-0.15, -0.1) is 0 Å². The molecule has 0 radical (unpaired) electrons. The van der Waals surface area contributed by atoms with Crippen LogP contribution in [0.1, 0.15) is 30.0 Å². The molecule has 0 aliphatic carbocycles. The highest BCUT2D eigenvalue weighted by molar-refractivity contribution is 9.10. The molecule has 1 aromatic heterocycles. The molecule has 1 aliphatic heterocycles. The number of rotatable bonds is 2. The normalized spacial score (nSPS) is 16.7. The third kappa shape index (κ3) is 2.74. The number of piperidine rings is 1. The fourth-order valence-corrected chi connectivity index (χ4v) is 3.05. The number of aromatic nitrogens is 2. The minimum absolute atomic E-state index is 0.620. The van der Waals surface area contributed by atoms with E-state index in [2.05, 4.69) is 62.6 Å². The predicted molar refractivity (Wildman–Crippen MR) is 81.3 cm³/mol. The molecule has 3 rings (SSSR count). The van der Waals surface area contributed by atoms with Crippen molar-refractivity contribution in [1.82, 2.24) is 15.5 Å². The van der Waals surface area contributed by atoms with E-state index in [4.69, 9.17) is 0 Å². The summed E-state index contributed by atoms with van der Waals surface area (Å²) in [6.07, 6.45) is 2.39. The van der Waals surface area contributed by atoms with E-state index in [0.717, 1.165) is 23.3 Å². The SMILES string of the molecule is Cc1ccc(Br)cc1-c1cc(C2CCNCC2)[nH]n1. The Morgan fingerprint density at radius 2 is 2.00 bits per heavy atom. The summed E-state index contributed by atoms with van der Waals surface area (Å²) >= 11 is 3.53. The summed E-state index contributed by atoms with van der Waals surface area (Å²) in [7, 11) is 0. The Labute approximate surface area is 121 Å². The number of H-pyrrole nitrogens is 1. The molecule has 2 heterocycles. The van der Waals surface area contributed by atoms with E-state index < -0.39 is 0 Å². The molecule has 1 fully saturated rings. The molecule has 0 spiro atoms. The third-order valence-corrected chi connectivity index (χ3v) is 4.35. The van der Waals surface area contributed by atoms with Crippen LogP contribution in [0.3, 0.4) is 0 Å². The fourth-order valence-electron chi connectivity index (χ4n) is 2.69. The van der Waals surface area contributed by atoms with Crippen molar-refractivity contribution in [1.29, 1.82) is 0 Å². The lowest BCUT2D eigenvalue weighted by Gasteiger charge is -2.20. The van der Waals surface area contributed by atoms with Crippen LogP contribution in [0.4, 0.5) is 0 Å². The minimum atomic E-state index is 0.620. The van der Waals surface area contributed by atoms with Crippen LogP contribution in [0.25, 0.3) is 11.3 Å². The van der Waals surface area contributed by atoms with Crippen molar-refractivity contribution in [3.63, 3.8) is 0 Å². The van der Waals surface area contributed by atoms with Gasteiger partial charge in [0.1, 0.15) is 0 Å². The van der Waals surface area contributed by atoms with Crippen LogP contribution in [0, 0.1) is 6.92 Å². The van der Waals surface area contributed by atoms with Gasteiger partial charge in [-0.1, -0.05) is 22.0 Å². The number of aromatic amines is 1. The smallest absolute Gasteiger partial charge is 0.0926 e. The summed E-state index contributed by atoms with van der Waals surface area (Å²) in [4.78, 5) is 0. The van der Waals surface area contributed by atoms with Gasteiger partial charge in [-0.2, -0.15) is 5.10 Å². The van der Waals surface area contributed by atoms with Gasteiger partial charge in [0, 0.05) is 21.6 Å². The van der Waals surface area contributed by atoms with Crippen LogP contribution in [-0.2, 0) is 0 Å². The van der Waals surface area contributed by atoms with Crippen LogP contribution in [0.15, 0.2) is 28.7 Å². The predicted octanol–water partition coefficient (Wildman–Crippen LogP) is 3.61. The van der Waals surface area contributed by atoms with E-state index >= 15 is 0 Å². The molecule has 1 saturated heterocycles. The highest BCUT2D eigenvalue weighted by Crippen LogP contribution is 2.29. The minimum Gasteiger partial charge on any atom is -0.317 e. The summed E-state index contributed by atoms with van der Waals surface area (Å²) in [5.41, 5.74) is 4.78. The molecule has 1 aromatic carbocycles. The van der Waals surface area contributed by atoms with E-state index in [-0.39, 0.29) is 0 Å². The van der Waals surface area contributed by atoms with Crippen molar-refractivity contribution in [2.45, 2.75) is 25.7 Å². The average molecular weight is 320 g/mol. The summed E-state index contributed by atoms with van der Waals surface area (Å²) in [6, 6.07) is 8.54. The van der Waals surface area contributed by atoms with Crippen LogP contribution in [0.5, 0.6) is 0 Å². The van der Waals surface area contributed by atoms with Gasteiger partial charge in [0.05, 0.1) is 5.69 Å². The molecule has 0 unspecified atom stereocenters. The van der Waals surface area contributed by atoms with Crippen LogP contribution >= 0.6 is 15.9 Å². The third-order valence-electron chi connectivity index (χ3n) is 3.85. The molecular weight excluding hydrogens is 302 g/mol. The lowest BCUT2D eigenvalue weighted by atomic mass is 9.94. The molecular formula is C15H18BrN3. The van der Waals surface area contributed by atoms with E-state index in [1.165, 1.54) is 29.7 Å². The Morgan fingerprint density at radius 1 is 1.21 bits per heavy atom. The second-order valence-electron chi connectivity index (χ2n) is 5.19. The monoisotopic (exact) mass is 319 g/mol. The first-order chi connectivity index (χ1) is 9.24. The molecule has 1 aliphatic rings. The second kappa shape index (κ2) is 5.47. The standard InChI is InChI=1S/C15H18BrN3/c1-10-2-3-12(16)8-13(10)15-9-14(18-19-15)11-4-6-17-7-5-11/h2-3,8-9,11,17H,4-7H2,1H3,(H,18,19). The topological polar surface area (TPSA) is 40.7 Å². The second-order valence-corrected chi connectivity index (χ2v) is 6.11. The Morgan fingerprint density at radius 3 is 2.79 bits per heavy atom. The highest BCUT2D eigenvalue weighted by atomic mass is 79.9. The number of halogens is 1. The van der Waals surface area contributed by atoms with E-state index in [9.17, 15) is 0 Å². The largest absolute Gasteiger partial charge is 0.317 e. The summed E-state index contributed by atoms with van der Waals surface area (Å²) in [5.74, 6) is 0.620. The Bertz CT molecular complexity index is 571. The maximum Gasteiger partial charge on any atom is 0.0926 e. The Balaban J connectivity index is 1.89. The van der Waals surface area contributed by atoms with Gasteiger partial charge in [-0.25, -0.2) is 0 Å². The van der Waals surface area contributed by atoms with Gasteiger partial charge >= 0.3 is 0 Å². The van der Waals surface area contributed by atoms with Crippen molar-refractivity contribution in [3.8, 4) is 11.3 Å². The van der Waals surface area contributed by atoms with Gasteiger partial charge in [0.2, 0.25) is 0 Å². The van der Waals surface area contributed by atoms with Crippen LogP contribution in [-0.4, -0.2) is 23.3 Å². The number of hydrogen-bond acceptors (Lipinski definition) is 2. The molecule has 4 heteroatoms. The first-order valence-electron chi connectivity index (χ1n) is 6.76. The van der Waals surface area contributed by atoms with Crippen molar-refractivity contribution >= 4 is 15.9 Å². The van der Waals surface area contributed by atoms with Gasteiger partial charge < -0.3 is 5.32 Å². The number of nitrogens with zero attached hydrogens (tertiary/aromatic N) is 1. The van der Waals surface area contributed by atoms with Gasteiger partial charge in [0.15, 0.2) is 0 Å². The van der Waals surface area contributed by atoms with E-state index in [1.54, 1.807) is 0 Å². The van der Waals surface area contributed by atoms with E-state index in [0.29, 0.717) is 5.92 Å². The summed E-state index contributed by atoms with van der Waals surface area (Å²) < 4.78 is 1.10. The molecule has 19 heavy (non-hydrogen) atoms. The molecule has 0 amide bonds. The molecule has 100 valence electrons. The fraction of sp³-hybridized carbons (Fsp3) is 0.400. The number of aryl methyl sites for hydroxylation is 1. The number of nitrogens with one attached hydrogen (secondary N) is 2. The van der Waals surface area contributed by atoms with Crippen LogP contribution in [0.2, 0.25) is 0 Å². The first-order valence-corrected chi connectivity index (χ1v) is 7.56. The van der Waals surface area contributed by atoms with E-state index in [1.807, 2.05) is 0 Å². The summed E-state index contributed by atoms with van der Waals surface area (Å²) in [5, 5.41) is 11.1. The number of benzene rings is 1. The number of hydrogen-bond donors (Lipinski definition) is 2. The van der Waals surface area contributed by atoms with Crippen molar-refractivity contribution in [2.75, 3.05) is 13.1 Å². The quantitative estimate of drug-likeness (QED) is 0.887. The van der Waals surface area contributed by atoms with Gasteiger partial charge in [-0.05, 0) is 56.6 Å². The molecule has 0 saturated carbocycles. The average Bonchev–Trinajstić information content (AvgIpc) is 2.92. The highest BCUT2D eigenvalue weighted by Gasteiger charge is 2.18. The molecule has 3 nitrogen and oxygen atoms in total. The first kappa shape index (κ1) is 12.9. The summed E-state index contributed by atoms with van der Waals surface area (Å²) in [6.45, 7) is 4.34. The molecule has 0 atom stereocenters. The van der Waals surface area contributed by atoms with Crippen molar-refractivity contribution < 1.29 is 0 Å². The zero-order valence-corrected chi connectivity index (χ0v) is 12.6. The van der Waals surface area contributed by atoms with Crippen molar-refractivity contribution in [3.05, 3.63) is 40.0 Å². The maximum absolute atomic E-state index is 4.50. The molecule has 0 bridgehead atoms. The maximum atomic E-state index is 4.50. The molecule has 2 aromatic rings. The van der Waals surface area contributed by atoms with Gasteiger partial charge in [-0.3, -0.25) is 5.10 Å². The Kier molecular flexibility index (Phi) is 3.71. The van der Waals surface area contributed by atoms with Gasteiger partial charge in [0.25, 0.3) is 0 Å². The zero-order valence-electron chi connectivity index (χ0n) is 11.0. The van der Waals surface area contributed by atoms with Crippen molar-refractivity contribution in [2.24, 2.45) is 0 Å². The van der Waals surface area contributed by atoms with Crippen LogP contribution < -0.4 is 5.32 Å². The molecule has 2 N–H and O–H groups in total.